The standard InChI is InChI=1S/C21H17F2N7O2/c1-11(14-4-3-13(22)7-15(14)23)26-20-24-9-25-21(28-20)27-19-8-16(29-30-19)12-2-5-17-18(6-12)32-10-31-17/h2-9,11H,10H2,1H3,(H3,24,25,26,27,28,29,30). The van der Waals surface area contributed by atoms with Gasteiger partial charge in [-0.05, 0) is 31.2 Å². The van der Waals surface area contributed by atoms with Gasteiger partial charge in [0, 0.05) is 23.3 Å². The van der Waals surface area contributed by atoms with Gasteiger partial charge in [-0.15, -0.1) is 0 Å². The van der Waals surface area contributed by atoms with Crippen molar-refractivity contribution in [3.05, 3.63) is 66.0 Å². The van der Waals surface area contributed by atoms with Crippen LogP contribution in [0.3, 0.4) is 0 Å². The molecule has 4 aromatic rings. The van der Waals surface area contributed by atoms with Gasteiger partial charge in [-0.1, -0.05) is 6.07 Å². The third-order valence-corrected chi connectivity index (χ3v) is 4.85. The van der Waals surface area contributed by atoms with E-state index in [-0.39, 0.29) is 18.7 Å². The molecule has 0 aliphatic carbocycles. The van der Waals surface area contributed by atoms with Crippen molar-refractivity contribution >= 4 is 17.7 Å². The minimum absolute atomic E-state index is 0.205. The number of halogens is 2. The van der Waals surface area contributed by atoms with Crippen LogP contribution in [0.4, 0.5) is 26.5 Å². The Morgan fingerprint density at radius 3 is 2.72 bits per heavy atom. The van der Waals surface area contributed by atoms with Crippen LogP contribution in [0.2, 0.25) is 0 Å². The zero-order valence-electron chi connectivity index (χ0n) is 16.8. The fourth-order valence-electron chi connectivity index (χ4n) is 3.26. The number of fused-ring (bicyclic) bond motifs is 1. The maximum atomic E-state index is 14.0. The van der Waals surface area contributed by atoms with E-state index in [9.17, 15) is 8.78 Å². The Bertz CT molecular complexity index is 1280. The second-order valence-corrected chi connectivity index (χ2v) is 7.02. The number of rotatable bonds is 6. The third-order valence-electron chi connectivity index (χ3n) is 4.85. The normalized spacial score (nSPS) is 13.1. The van der Waals surface area contributed by atoms with Crippen LogP contribution in [0.1, 0.15) is 18.5 Å². The number of aromatic amines is 1. The molecule has 0 amide bonds. The van der Waals surface area contributed by atoms with Crippen molar-refractivity contribution in [2.24, 2.45) is 0 Å². The molecule has 0 radical (unpaired) electrons. The highest BCUT2D eigenvalue weighted by Crippen LogP contribution is 2.35. The van der Waals surface area contributed by atoms with Crippen molar-refractivity contribution < 1.29 is 18.3 Å². The summed E-state index contributed by atoms with van der Waals surface area (Å²) in [6.07, 6.45) is 1.32. The Hall–Kier alpha value is -4.28. The molecule has 0 fully saturated rings. The average molecular weight is 437 g/mol. The van der Waals surface area contributed by atoms with Crippen molar-refractivity contribution in [2.75, 3.05) is 17.4 Å². The molecule has 3 heterocycles. The molecule has 9 nitrogen and oxygen atoms in total. The van der Waals surface area contributed by atoms with E-state index >= 15 is 0 Å². The third kappa shape index (κ3) is 4.00. The minimum atomic E-state index is -0.648. The summed E-state index contributed by atoms with van der Waals surface area (Å²) in [5.74, 6) is 1.06. The van der Waals surface area contributed by atoms with Crippen molar-refractivity contribution in [1.82, 2.24) is 25.1 Å². The summed E-state index contributed by atoms with van der Waals surface area (Å²) in [7, 11) is 0. The van der Waals surface area contributed by atoms with Gasteiger partial charge in [0.2, 0.25) is 18.7 Å². The summed E-state index contributed by atoms with van der Waals surface area (Å²) in [4.78, 5) is 12.4. The monoisotopic (exact) mass is 437 g/mol. The lowest BCUT2D eigenvalue weighted by atomic mass is 10.1. The second kappa shape index (κ2) is 8.10. The molecule has 1 atom stereocenters. The molecule has 0 saturated carbocycles. The molecule has 5 rings (SSSR count). The Morgan fingerprint density at radius 1 is 1.00 bits per heavy atom. The van der Waals surface area contributed by atoms with Crippen molar-refractivity contribution in [3.8, 4) is 22.8 Å². The Labute approximate surface area is 180 Å². The maximum Gasteiger partial charge on any atom is 0.233 e. The first kappa shape index (κ1) is 19.7. The molecule has 0 bridgehead atoms. The van der Waals surface area contributed by atoms with Gasteiger partial charge in [-0.25, -0.2) is 18.7 Å². The van der Waals surface area contributed by atoms with Gasteiger partial charge in [0.15, 0.2) is 17.3 Å². The van der Waals surface area contributed by atoms with Gasteiger partial charge < -0.3 is 20.1 Å². The van der Waals surface area contributed by atoms with E-state index < -0.39 is 17.7 Å². The van der Waals surface area contributed by atoms with Crippen LogP contribution < -0.4 is 20.1 Å². The molecule has 1 aliphatic rings. The lowest BCUT2D eigenvalue weighted by molar-refractivity contribution is 0.174. The number of benzene rings is 2. The largest absolute Gasteiger partial charge is 0.454 e. The summed E-state index contributed by atoms with van der Waals surface area (Å²) in [6, 6.07) is 10.3. The van der Waals surface area contributed by atoms with Gasteiger partial charge in [0.05, 0.1) is 11.7 Å². The number of H-pyrrole nitrogens is 1. The first-order valence-corrected chi connectivity index (χ1v) is 9.68. The van der Waals surface area contributed by atoms with E-state index in [4.69, 9.17) is 9.47 Å². The van der Waals surface area contributed by atoms with Gasteiger partial charge in [0.1, 0.15) is 18.0 Å². The average Bonchev–Trinajstić information content (AvgIpc) is 3.42. The number of hydrogen-bond donors (Lipinski definition) is 3. The number of nitrogens with one attached hydrogen (secondary N) is 3. The molecule has 162 valence electrons. The molecule has 1 aliphatic heterocycles. The highest BCUT2D eigenvalue weighted by Gasteiger charge is 2.16. The Morgan fingerprint density at radius 2 is 1.84 bits per heavy atom. The fourth-order valence-corrected chi connectivity index (χ4v) is 3.26. The number of anilines is 3. The molecule has 0 spiro atoms. The number of ether oxygens (including phenoxy) is 2. The van der Waals surface area contributed by atoms with Crippen molar-refractivity contribution in [1.29, 1.82) is 0 Å². The lowest BCUT2D eigenvalue weighted by Gasteiger charge is -2.15. The molecule has 32 heavy (non-hydrogen) atoms. The first-order chi connectivity index (χ1) is 15.5. The van der Waals surface area contributed by atoms with Gasteiger partial charge in [0.25, 0.3) is 0 Å². The Balaban J connectivity index is 1.29. The highest BCUT2D eigenvalue weighted by atomic mass is 19.1. The van der Waals surface area contributed by atoms with E-state index in [1.54, 1.807) is 13.0 Å². The van der Waals surface area contributed by atoms with Crippen LogP contribution in [0, 0.1) is 11.6 Å². The van der Waals surface area contributed by atoms with Crippen LogP contribution in [0.25, 0.3) is 11.3 Å². The van der Waals surface area contributed by atoms with Crippen molar-refractivity contribution in [2.45, 2.75) is 13.0 Å². The predicted molar refractivity (Wildman–Crippen MR) is 112 cm³/mol. The zero-order valence-corrected chi connectivity index (χ0v) is 16.8. The van der Waals surface area contributed by atoms with Crippen LogP contribution in [-0.2, 0) is 0 Å². The number of nitrogens with zero attached hydrogens (tertiary/aromatic N) is 4. The number of hydrogen-bond acceptors (Lipinski definition) is 8. The summed E-state index contributed by atoms with van der Waals surface area (Å²) in [5, 5.41) is 13.1. The summed E-state index contributed by atoms with van der Waals surface area (Å²) in [5.41, 5.74) is 1.93. The topological polar surface area (TPSA) is 110 Å². The van der Waals surface area contributed by atoms with Gasteiger partial charge in [-0.2, -0.15) is 10.1 Å². The van der Waals surface area contributed by atoms with E-state index in [0.29, 0.717) is 22.9 Å². The van der Waals surface area contributed by atoms with Crippen LogP contribution in [-0.4, -0.2) is 31.9 Å². The quantitative estimate of drug-likeness (QED) is 0.412. The molecule has 2 aromatic heterocycles. The SMILES string of the molecule is CC(Nc1ncnc(Nc2cc(-c3ccc4c(c3)OCO4)[nH]n2)n1)c1ccc(F)cc1F. The predicted octanol–water partition coefficient (Wildman–Crippen LogP) is 4.19. The molecule has 11 heteroatoms. The van der Waals surface area contributed by atoms with E-state index in [0.717, 1.165) is 17.3 Å². The molecule has 3 N–H and O–H groups in total. The second-order valence-electron chi connectivity index (χ2n) is 7.02. The van der Waals surface area contributed by atoms with E-state index in [2.05, 4.69) is 35.8 Å². The molecule has 1 unspecified atom stereocenters. The van der Waals surface area contributed by atoms with Crippen LogP contribution in [0.15, 0.2) is 48.8 Å². The Kier molecular flexibility index (Phi) is 4.98. The molecular formula is C21H17F2N7O2. The molecule has 2 aromatic carbocycles. The zero-order chi connectivity index (χ0) is 22.1. The van der Waals surface area contributed by atoms with Gasteiger partial charge in [-0.3, -0.25) is 5.10 Å². The van der Waals surface area contributed by atoms with Crippen molar-refractivity contribution in [3.63, 3.8) is 0 Å². The van der Waals surface area contributed by atoms with E-state index in [1.807, 2.05) is 18.2 Å². The lowest BCUT2D eigenvalue weighted by Crippen LogP contribution is -2.12. The summed E-state index contributed by atoms with van der Waals surface area (Å²) in [6.45, 7) is 1.93. The van der Waals surface area contributed by atoms with Crippen LogP contribution in [0.5, 0.6) is 11.5 Å². The summed E-state index contributed by atoms with van der Waals surface area (Å²) >= 11 is 0. The van der Waals surface area contributed by atoms with Gasteiger partial charge >= 0.3 is 0 Å². The first-order valence-electron chi connectivity index (χ1n) is 9.68. The molecular weight excluding hydrogens is 420 g/mol. The minimum Gasteiger partial charge on any atom is -0.454 e. The molecule has 0 saturated heterocycles. The summed E-state index contributed by atoms with van der Waals surface area (Å²) < 4.78 is 37.9. The van der Waals surface area contributed by atoms with E-state index in [1.165, 1.54) is 18.5 Å². The number of aromatic nitrogens is 5. The maximum absolute atomic E-state index is 14.0. The highest BCUT2D eigenvalue weighted by molar-refractivity contribution is 5.67. The van der Waals surface area contributed by atoms with Crippen LogP contribution >= 0.6 is 0 Å². The smallest absolute Gasteiger partial charge is 0.233 e. The fraction of sp³-hybridized carbons (Fsp3) is 0.143.